The van der Waals surface area contributed by atoms with Crippen LogP contribution in [-0.2, 0) is 9.53 Å². The number of carbonyl (C=O) groups excluding carboxylic acids is 1. The number of nitrogen functional groups attached to an aromatic ring is 1. The summed E-state index contributed by atoms with van der Waals surface area (Å²) in [5, 5.41) is 8.68. The van der Waals surface area contributed by atoms with Crippen molar-refractivity contribution in [2.45, 2.75) is 6.10 Å². The fourth-order valence-corrected chi connectivity index (χ4v) is 1.00. The van der Waals surface area contributed by atoms with Crippen molar-refractivity contribution in [1.82, 2.24) is 0 Å². The number of nitriles is 1. The number of esters is 1. The lowest BCUT2D eigenvalue weighted by Gasteiger charge is -2.10. The third kappa shape index (κ3) is 2.87. The van der Waals surface area contributed by atoms with E-state index in [0.29, 0.717) is 11.4 Å². The number of hydrazine groups is 1. The molecule has 0 heterocycles. The summed E-state index contributed by atoms with van der Waals surface area (Å²) in [7, 11) is 1.19. The van der Waals surface area contributed by atoms with Gasteiger partial charge in [-0.2, -0.15) is 5.26 Å². The van der Waals surface area contributed by atoms with Crippen LogP contribution in [0.15, 0.2) is 24.3 Å². The van der Waals surface area contributed by atoms with E-state index in [1.807, 2.05) is 0 Å². The third-order valence-electron chi connectivity index (χ3n) is 1.81. The first kappa shape index (κ1) is 11.8. The van der Waals surface area contributed by atoms with Crippen molar-refractivity contribution < 1.29 is 14.3 Å². The van der Waals surface area contributed by atoms with E-state index in [-0.39, 0.29) is 0 Å². The third-order valence-corrected chi connectivity index (χ3v) is 1.81. The van der Waals surface area contributed by atoms with E-state index in [0.717, 1.165) is 0 Å². The molecule has 0 aliphatic heterocycles. The first-order valence-corrected chi connectivity index (χ1v) is 4.42. The van der Waals surface area contributed by atoms with Crippen molar-refractivity contribution in [2.24, 2.45) is 5.84 Å². The highest BCUT2D eigenvalue weighted by Gasteiger charge is 2.19. The standard InChI is InChI=1S/C10H11N3O3/c1-15-10(14)9(6-11)16-8-4-2-7(13-12)3-5-8/h2-5,9,13H,12H2,1H3. The van der Waals surface area contributed by atoms with Crippen LogP contribution < -0.4 is 16.0 Å². The highest BCUT2D eigenvalue weighted by molar-refractivity contribution is 5.78. The molecule has 0 bridgehead atoms. The first-order valence-electron chi connectivity index (χ1n) is 4.42. The van der Waals surface area contributed by atoms with Crippen LogP contribution in [0, 0.1) is 11.3 Å². The number of nitrogens with two attached hydrogens (primary N) is 1. The smallest absolute Gasteiger partial charge is 0.362 e. The maximum Gasteiger partial charge on any atom is 0.362 e. The molecular weight excluding hydrogens is 210 g/mol. The zero-order valence-electron chi connectivity index (χ0n) is 8.64. The number of methoxy groups -OCH3 is 1. The van der Waals surface area contributed by atoms with Crippen molar-refractivity contribution in [3.63, 3.8) is 0 Å². The minimum absolute atomic E-state index is 0.385. The molecule has 0 saturated heterocycles. The molecule has 3 N–H and O–H groups in total. The first-order chi connectivity index (χ1) is 7.71. The number of anilines is 1. The molecule has 1 rings (SSSR count). The topological polar surface area (TPSA) is 97.4 Å². The Labute approximate surface area is 92.5 Å². The van der Waals surface area contributed by atoms with Gasteiger partial charge in [0, 0.05) is 5.69 Å². The Bertz CT molecular complexity index is 397. The zero-order chi connectivity index (χ0) is 12.0. The van der Waals surface area contributed by atoms with E-state index in [1.54, 1.807) is 30.3 Å². The van der Waals surface area contributed by atoms with E-state index in [4.69, 9.17) is 15.8 Å². The maximum absolute atomic E-state index is 11.1. The summed E-state index contributed by atoms with van der Waals surface area (Å²) >= 11 is 0. The van der Waals surface area contributed by atoms with Crippen LogP contribution in [0.1, 0.15) is 0 Å². The van der Waals surface area contributed by atoms with Gasteiger partial charge < -0.3 is 14.9 Å². The molecule has 16 heavy (non-hydrogen) atoms. The monoisotopic (exact) mass is 221 g/mol. The Morgan fingerprint density at radius 3 is 2.56 bits per heavy atom. The molecule has 0 aromatic heterocycles. The molecule has 6 heteroatoms. The summed E-state index contributed by atoms with van der Waals surface area (Å²) < 4.78 is 9.51. The Morgan fingerprint density at radius 1 is 1.50 bits per heavy atom. The minimum atomic E-state index is -1.26. The van der Waals surface area contributed by atoms with Gasteiger partial charge in [-0.1, -0.05) is 0 Å². The van der Waals surface area contributed by atoms with Gasteiger partial charge in [0.05, 0.1) is 7.11 Å². The Hall–Kier alpha value is -2.26. The molecule has 0 fully saturated rings. The van der Waals surface area contributed by atoms with Crippen LogP contribution in [0.3, 0.4) is 0 Å². The summed E-state index contributed by atoms with van der Waals surface area (Å²) in [5.74, 6) is 4.83. The van der Waals surface area contributed by atoms with Gasteiger partial charge in [-0.25, -0.2) is 4.79 Å². The molecule has 1 aromatic rings. The number of hydrogen-bond donors (Lipinski definition) is 2. The number of carbonyl (C=O) groups is 1. The van der Waals surface area contributed by atoms with Crippen LogP contribution >= 0.6 is 0 Å². The van der Waals surface area contributed by atoms with Gasteiger partial charge in [-0.3, -0.25) is 5.84 Å². The minimum Gasteiger partial charge on any atom is -0.465 e. The Morgan fingerprint density at radius 2 is 2.12 bits per heavy atom. The quantitative estimate of drug-likeness (QED) is 0.434. The summed E-state index contributed by atoms with van der Waals surface area (Å²) in [4.78, 5) is 11.1. The predicted molar refractivity (Wildman–Crippen MR) is 56.3 cm³/mol. The van der Waals surface area contributed by atoms with E-state index < -0.39 is 12.1 Å². The summed E-state index contributed by atoms with van der Waals surface area (Å²) in [6, 6.07) is 8.17. The molecule has 6 nitrogen and oxygen atoms in total. The molecule has 0 spiro atoms. The Balaban J connectivity index is 2.71. The average Bonchev–Trinajstić information content (AvgIpc) is 2.35. The van der Waals surface area contributed by atoms with Crippen molar-refractivity contribution in [2.75, 3.05) is 12.5 Å². The molecule has 1 atom stereocenters. The number of benzene rings is 1. The SMILES string of the molecule is COC(=O)C(C#N)Oc1ccc(NN)cc1. The highest BCUT2D eigenvalue weighted by Crippen LogP contribution is 2.16. The van der Waals surface area contributed by atoms with Gasteiger partial charge in [0.2, 0.25) is 0 Å². The van der Waals surface area contributed by atoms with Crippen molar-refractivity contribution >= 4 is 11.7 Å². The number of nitrogens with one attached hydrogen (secondary N) is 1. The number of nitrogens with zero attached hydrogens (tertiary/aromatic N) is 1. The molecular formula is C10H11N3O3. The van der Waals surface area contributed by atoms with Crippen molar-refractivity contribution in [1.29, 1.82) is 5.26 Å². The summed E-state index contributed by atoms with van der Waals surface area (Å²) in [5.41, 5.74) is 3.14. The van der Waals surface area contributed by atoms with Gasteiger partial charge in [0.15, 0.2) is 0 Å². The molecule has 0 aliphatic carbocycles. The molecule has 0 amide bonds. The van der Waals surface area contributed by atoms with Crippen molar-refractivity contribution in [3.05, 3.63) is 24.3 Å². The van der Waals surface area contributed by atoms with Crippen molar-refractivity contribution in [3.8, 4) is 11.8 Å². The van der Waals surface area contributed by atoms with E-state index in [9.17, 15) is 4.79 Å². The van der Waals surface area contributed by atoms with E-state index in [2.05, 4.69) is 10.2 Å². The second-order valence-corrected chi connectivity index (χ2v) is 2.82. The molecule has 0 aliphatic rings. The van der Waals surface area contributed by atoms with E-state index >= 15 is 0 Å². The predicted octanol–water partition coefficient (Wildman–Crippen LogP) is 0.416. The van der Waals surface area contributed by atoms with Crippen LogP contribution in [0.4, 0.5) is 5.69 Å². The summed E-state index contributed by atoms with van der Waals surface area (Å²) in [6.07, 6.45) is -1.26. The van der Waals surface area contributed by atoms with Gasteiger partial charge in [0.1, 0.15) is 11.8 Å². The fourth-order valence-electron chi connectivity index (χ4n) is 1.00. The van der Waals surface area contributed by atoms with Crippen LogP contribution in [0.5, 0.6) is 5.75 Å². The summed E-state index contributed by atoms with van der Waals surface area (Å²) in [6.45, 7) is 0. The second kappa shape index (κ2) is 5.58. The fraction of sp³-hybridized carbons (Fsp3) is 0.200. The van der Waals surface area contributed by atoms with Gasteiger partial charge >= 0.3 is 5.97 Å². The van der Waals surface area contributed by atoms with Gasteiger partial charge in [0.25, 0.3) is 6.10 Å². The lowest BCUT2D eigenvalue weighted by molar-refractivity contribution is -0.146. The normalized spacial score (nSPS) is 11.1. The molecule has 0 saturated carbocycles. The van der Waals surface area contributed by atoms with E-state index in [1.165, 1.54) is 7.11 Å². The highest BCUT2D eigenvalue weighted by atomic mass is 16.6. The van der Waals surface area contributed by atoms with Crippen LogP contribution in [0.2, 0.25) is 0 Å². The lowest BCUT2D eigenvalue weighted by Crippen LogP contribution is -2.26. The maximum atomic E-state index is 11.1. The molecule has 1 unspecified atom stereocenters. The zero-order valence-corrected chi connectivity index (χ0v) is 8.64. The van der Waals surface area contributed by atoms with Gasteiger partial charge in [-0.05, 0) is 24.3 Å². The second-order valence-electron chi connectivity index (χ2n) is 2.82. The van der Waals surface area contributed by atoms with Crippen LogP contribution in [-0.4, -0.2) is 19.2 Å². The number of rotatable bonds is 4. The lowest BCUT2D eigenvalue weighted by atomic mass is 10.3. The van der Waals surface area contributed by atoms with Gasteiger partial charge in [-0.15, -0.1) is 0 Å². The Kier molecular flexibility index (Phi) is 4.12. The van der Waals surface area contributed by atoms with Crippen LogP contribution in [0.25, 0.3) is 0 Å². The molecule has 0 radical (unpaired) electrons. The number of ether oxygens (including phenoxy) is 2. The number of hydrogen-bond acceptors (Lipinski definition) is 6. The molecule has 1 aromatic carbocycles. The molecule has 84 valence electrons. The average molecular weight is 221 g/mol. The largest absolute Gasteiger partial charge is 0.465 e.